The molecule has 1 atom stereocenters. The van der Waals surface area contributed by atoms with Crippen molar-refractivity contribution in [1.29, 1.82) is 0 Å². The van der Waals surface area contributed by atoms with Crippen LogP contribution in [-0.4, -0.2) is 41.6 Å². The predicted octanol–water partition coefficient (Wildman–Crippen LogP) is 0.758. The van der Waals surface area contributed by atoms with Crippen LogP contribution in [0.15, 0.2) is 18.2 Å². The Bertz CT molecular complexity index is 626. The third kappa shape index (κ3) is 3.22. The lowest BCUT2D eigenvalue weighted by molar-refractivity contribution is -0.144. The number of ether oxygens (including phenoxy) is 1. The molecule has 8 heteroatoms. The normalized spacial score (nSPS) is 20.5. The molecule has 2 rings (SSSR count). The molecular weight excluding hydrogens is 295 g/mol. The maximum absolute atomic E-state index is 13.5. The molecule has 1 unspecified atom stereocenters. The molecule has 1 aliphatic heterocycles. The molecule has 1 aromatic rings. The number of carbonyl (C=O) groups excluding carboxylic acids is 2. The smallest absolute Gasteiger partial charge is 0.331 e. The van der Waals surface area contributed by atoms with Gasteiger partial charge in [0.25, 0.3) is 5.91 Å². The van der Waals surface area contributed by atoms with Crippen molar-refractivity contribution in [2.24, 2.45) is 0 Å². The van der Waals surface area contributed by atoms with Gasteiger partial charge in [0.2, 0.25) is 5.91 Å². The summed E-state index contributed by atoms with van der Waals surface area (Å²) in [5, 5.41) is 13.9. The summed E-state index contributed by atoms with van der Waals surface area (Å²) in [7, 11) is 0. The molecule has 2 amide bonds. The van der Waals surface area contributed by atoms with E-state index >= 15 is 0 Å². The molecule has 0 aliphatic carbocycles. The number of halogens is 1. The van der Waals surface area contributed by atoms with Crippen molar-refractivity contribution >= 4 is 23.5 Å². The number of hydrogen-bond donors (Lipinski definition) is 3. The molecule has 0 bridgehead atoms. The minimum atomic E-state index is -1.49. The van der Waals surface area contributed by atoms with Crippen molar-refractivity contribution < 1.29 is 28.6 Å². The highest BCUT2D eigenvalue weighted by atomic mass is 19.1. The Hall–Kier alpha value is -2.48. The lowest BCUT2D eigenvalue weighted by Gasteiger charge is -2.23. The first-order valence-electron chi connectivity index (χ1n) is 6.55. The molecule has 0 saturated carbocycles. The monoisotopic (exact) mass is 310 g/mol. The summed E-state index contributed by atoms with van der Waals surface area (Å²) in [5.74, 6) is -3.05. The van der Waals surface area contributed by atoms with E-state index in [4.69, 9.17) is 4.74 Å². The Morgan fingerprint density at radius 1 is 1.36 bits per heavy atom. The average molecular weight is 310 g/mol. The Morgan fingerprint density at radius 2 is 2.09 bits per heavy atom. The summed E-state index contributed by atoms with van der Waals surface area (Å²) in [5.41, 5.74) is -1.59. The Morgan fingerprint density at radius 3 is 2.64 bits per heavy atom. The highest BCUT2D eigenvalue weighted by Gasteiger charge is 2.44. The Balaban J connectivity index is 2.22. The fourth-order valence-electron chi connectivity index (χ4n) is 2.13. The van der Waals surface area contributed by atoms with Gasteiger partial charge in [-0.1, -0.05) is 0 Å². The van der Waals surface area contributed by atoms with Crippen LogP contribution in [0.5, 0.6) is 0 Å². The Kier molecular flexibility index (Phi) is 4.41. The topological polar surface area (TPSA) is 105 Å². The zero-order chi connectivity index (χ0) is 16.3. The predicted molar refractivity (Wildman–Crippen MR) is 74.0 cm³/mol. The van der Waals surface area contributed by atoms with Crippen molar-refractivity contribution in [3.05, 3.63) is 29.6 Å². The van der Waals surface area contributed by atoms with Gasteiger partial charge in [-0.25, -0.2) is 9.18 Å². The molecule has 0 aromatic heterocycles. The van der Waals surface area contributed by atoms with Crippen molar-refractivity contribution in [2.45, 2.75) is 18.9 Å². The van der Waals surface area contributed by atoms with Crippen LogP contribution in [-0.2, 0) is 14.3 Å². The van der Waals surface area contributed by atoms with Crippen molar-refractivity contribution in [2.75, 3.05) is 18.5 Å². The Labute approximate surface area is 125 Å². The number of carbonyl (C=O) groups is 3. The number of aliphatic carboxylic acids is 1. The standard InChI is InChI=1S/C14H15FN2O5/c1-8(18)16-11-6-9(2-3-10(11)15)12(19)17-14(13(20)21)4-5-22-7-14/h2-3,6H,4-5,7H2,1H3,(H,16,18)(H,17,19)(H,20,21). The van der Waals surface area contributed by atoms with Gasteiger partial charge in [0.15, 0.2) is 5.54 Å². The molecule has 1 fully saturated rings. The first-order chi connectivity index (χ1) is 10.3. The fraction of sp³-hybridized carbons (Fsp3) is 0.357. The van der Waals surface area contributed by atoms with Crippen LogP contribution in [0.4, 0.5) is 10.1 Å². The fourth-order valence-corrected chi connectivity index (χ4v) is 2.13. The number of carboxylic acid groups (broad SMARTS) is 1. The molecule has 1 aliphatic rings. The SMILES string of the molecule is CC(=O)Nc1cc(C(=O)NC2(C(=O)O)CCOC2)ccc1F. The molecule has 118 valence electrons. The molecular formula is C14H15FN2O5. The first-order valence-corrected chi connectivity index (χ1v) is 6.55. The zero-order valence-corrected chi connectivity index (χ0v) is 11.8. The van der Waals surface area contributed by atoms with Gasteiger partial charge in [0.1, 0.15) is 5.82 Å². The van der Waals surface area contributed by atoms with Crippen LogP contribution in [0.1, 0.15) is 23.7 Å². The maximum Gasteiger partial charge on any atom is 0.331 e. The molecule has 7 nitrogen and oxygen atoms in total. The number of carboxylic acids is 1. The summed E-state index contributed by atoms with van der Waals surface area (Å²) in [6, 6.07) is 3.39. The highest BCUT2D eigenvalue weighted by molar-refractivity contribution is 5.99. The quantitative estimate of drug-likeness (QED) is 0.761. The second-order valence-electron chi connectivity index (χ2n) is 5.02. The third-order valence-corrected chi connectivity index (χ3v) is 3.32. The van der Waals surface area contributed by atoms with Crippen LogP contribution >= 0.6 is 0 Å². The van der Waals surface area contributed by atoms with E-state index in [0.29, 0.717) is 0 Å². The van der Waals surface area contributed by atoms with Gasteiger partial charge < -0.3 is 20.5 Å². The lowest BCUT2D eigenvalue weighted by atomic mass is 9.98. The molecule has 1 aromatic carbocycles. The molecule has 1 saturated heterocycles. The van der Waals surface area contributed by atoms with Crippen molar-refractivity contribution in [1.82, 2.24) is 5.32 Å². The third-order valence-electron chi connectivity index (χ3n) is 3.32. The van der Waals surface area contributed by atoms with E-state index in [-0.39, 0.29) is 30.9 Å². The largest absolute Gasteiger partial charge is 0.479 e. The molecule has 3 N–H and O–H groups in total. The van der Waals surface area contributed by atoms with Gasteiger partial charge >= 0.3 is 5.97 Å². The molecule has 22 heavy (non-hydrogen) atoms. The van der Waals surface area contributed by atoms with Gasteiger partial charge in [-0.15, -0.1) is 0 Å². The van der Waals surface area contributed by atoms with E-state index in [1.807, 2.05) is 0 Å². The average Bonchev–Trinajstić information content (AvgIpc) is 2.90. The van der Waals surface area contributed by atoms with Crippen LogP contribution < -0.4 is 10.6 Å². The van der Waals surface area contributed by atoms with E-state index < -0.39 is 29.1 Å². The second-order valence-corrected chi connectivity index (χ2v) is 5.02. The number of rotatable bonds is 4. The maximum atomic E-state index is 13.5. The zero-order valence-electron chi connectivity index (χ0n) is 11.8. The molecule has 1 heterocycles. The first kappa shape index (κ1) is 15.9. The number of anilines is 1. The van der Waals surface area contributed by atoms with Crippen molar-refractivity contribution in [3.63, 3.8) is 0 Å². The number of nitrogens with one attached hydrogen (secondary N) is 2. The van der Waals surface area contributed by atoms with E-state index in [1.165, 1.54) is 13.0 Å². The van der Waals surface area contributed by atoms with Gasteiger partial charge in [-0.3, -0.25) is 9.59 Å². The van der Waals surface area contributed by atoms with E-state index in [1.54, 1.807) is 0 Å². The number of hydrogen-bond acceptors (Lipinski definition) is 4. The van der Waals surface area contributed by atoms with Crippen LogP contribution in [0.25, 0.3) is 0 Å². The van der Waals surface area contributed by atoms with Gasteiger partial charge in [-0.05, 0) is 18.2 Å². The number of amides is 2. The highest BCUT2D eigenvalue weighted by Crippen LogP contribution is 2.21. The lowest BCUT2D eigenvalue weighted by Crippen LogP contribution is -2.55. The summed E-state index contributed by atoms with van der Waals surface area (Å²) >= 11 is 0. The summed E-state index contributed by atoms with van der Waals surface area (Å²) < 4.78 is 18.6. The van der Waals surface area contributed by atoms with Gasteiger partial charge in [0, 0.05) is 25.5 Å². The van der Waals surface area contributed by atoms with Crippen molar-refractivity contribution in [3.8, 4) is 0 Å². The summed E-state index contributed by atoms with van der Waals surface area (Å²) in [6.45, 7) is 1.31. The summed E-state index contributed by atoms with van der Waals surface area (Å²) in [6.07, 6.45) is 0.147. The molecule has 0 spiro atoms. The van der Waals surface area contributed by atoms with Gasteiger partial charge in [-0.2, -0.15) is 0 Å². The summed E-state index contributed by atoms with van der Waals surface area (Å²) in [4.78, 5) is 34.5. The van der Waals surface area contributed by atoms with Crippen LogP contribution in [0.3, 0.4) is 0 Å². The molecule has 0 radical (unpaired) electrons. The minimum absolute atomic E-state index is 0.0395. The number of benzene rings is 1. The van der Waals surface area contributed by atoms with Crippen LogP contribution in [0.2, 0.25) is 0 Å². The van der Waals surface area contributed by atoms with E-state index in [0.717, 1.165) is 12.1 Å². The van der Waals surface area contributed by atoms with Crippen LogP contribution in [0, 0.1) is 5.82 Å². The second kappa shape index (κ2) is 6.10. The van der Waals surface area contributed by atoms with E-state index in [9.17, 15) is 23.9 Å². The van der Waals surface area contributed by atoms with Gasteiger partial charge in [0.05, 0.1) is 12.3 Å². The van der Waals surface area contributed by atoms with E-state index in [2.05, 4.69) is 10.6 Å². The minimum Gasteiger partial charge on any atom is -0.479 e.